The van der Waals surface area contributed by atoms with Crippen molar-refractivity contribution in [3.63, 3.8) is 0 Å². The van der Waals surface area contributed by atoms with Crippen molar-refractivity contribution < 1.29 is 18.7 Å². The third-order valence-corrected chi connectivity index (χ3v) is 3.65. The zero-order valence-electron chi connectivity index (χ0n) is 13.6. The summed E-state index contributed by atoms with van der Waals surface area (Å²) in [5.74, 6) is -0.781. The Balaban J connectivity index is 2.07. The van der Waals surface area contributed by atoms with Gasteiger partial charge in [-0.25, -0.2) is 4.39 Å². The van der Waals surface area contributed by atoms with Crippen LogP contribution in [0.15, 0.2) is 54.6 Å². The average molecular weight is 329 g/mol. The minimum Gasteiger partial charge on any atom is -0.469 e. The van der Waals surface area contributed by atoms with Gasteiger partial charge in [0.2, 0.25) is 5.91 Å². The van der Waals surface area contributed by atoms with Gasteiger partial charge in [0.05, 0.1) is 20.0 Å². The first kappa shape index (κ1) is 17.7. The summed E-state index contributed by atoms with van der Waals surface area (Å²) >= 11 is 0. The van der Waals surface area contributed by atoms with Crippen molar-refractivity contribution in [3.8, 4) is 0 Å². The molecule has 0 aliphatic heterocycles. The van der Waals surface area contributed by atoms with Crippen LogP contribution in [0.3, 0.4) is 0 Å². The highest BCUT2D eigenvalue weighted by Crippen LogP contribution is 2.10. The van der Waals surface area contributed by atoms with Crippen molar-refractivity contribution in [2.75, 3.05) is 13.7 Å². The molecule has 1 amide bonds. The summed E-state index contributed by atoms with van der Waals surface area (Å²) < 4.78 is 17.7. The molecule has 0 saturated carbocycles. The molecule has 0 spiro atoms. The van der Waals surface area contributed by atoms with Gasteiger partial charge >= 0.3 is 5.97 Å². The Morgan fingerprint density at radius 2 is 1.67 bits per heavy atom. The number of carbonyl (C=O) groups is 2. The maximum absolute atomic E-state index is 13.0. The first-order valence-corrected chi connectivity index (χ1v) is 7.71. The van der Waals surface area contributed by atoms with Gasteiger partial charge in [0.1, 0.15) is 5.82 Å². The monoisotopic (exact) mass is 329 g/mol. The molecule has 2 rings (SSSR count). The van der Waals surface area contributed by atoms with Crippen LogP contribution in [0, 0.1) is 5.82 Å². The molecule has 2 aromatic carbocycles. The summed E-state index contributed by atoms with van der Waals surface area (Å²) in [5, 5.41) is 0. The third-order valence-electron chi connectivity index (χ3n) is 3.65. The van der Waals surface area contributed by atoms with Gasteiger partial charge < -0.3 is 9.64 Å². The number of rotatable bonds is 7. The zero-order valence-corrected chi connectivity index (χ0v) is 13.6. The second-order valence-electron chi connectivity index (χ2n) is 5.43. The van der Waals surface area contributed by atoms with Gasteiger partial charge in [0.15, 0.2) is 0 Å². The molecule has 0 unspecified atom stereocenters. The number of nitrogens with zero attached hydrogens (tertiary/aromatic N) is 1. The van der Waals surface area contributed by atoms with Gasteiger partial charge in [-0.3, -0.25) is 9.59 Å². The lowest BCUT2D eigenvalue weighted by atomic mass is 10.1. The van der Waals surface area contributed by atoms with Crippen LogP contribution in [-0.2, 0) is 27.3 Å². The molecular formula is C19H20FNO3. The van der Waals surface area contributed by atoms with E-state index in [0.29, 0.717) is 6.54 Å². The number of esters is 1. The number of carbonyl (C=O) groups excluding carboxylic acids is 2. The normalized spacial score (nSPS) is 10.2. The molecule has 0 aromatic heterocycles. The van der Waals surface area contributed by atoms with Crippen LogP contribution < -0.4 is 0 Å². The van der Waals surface area contributed by atoms with E-state index in [2.05, 4.69) is 4.74 Å². The minimum atomic E-state index is -0.369. The highest BCUT2D eigenvalue weighted by Gasteiger charge is 2.16. The minimum absolute atomic E-state index is 0.0885. The van der Waals surface area contributed by atoms with Crippen LogP contribution in [0.2, 0.25) is 0 Å². The molecule has 0 fully saturated rings. The molecule has 0 radical (unpaired) electrons. The maximum Gasteiger partial charge on any atom is 0.307 e. The van der Waals surface area contributed by atoms with Crippen molar-refractivity contribution >= 4 is 11.9 Å². The number of halogens is 1. The van der Waals surface area contributed by atoms with E-state index >= 15 is 0 Å². The van der Waals surface area contributed by atoms with Crippen molar-refractivity contribution in [1.82, 2.24) is 4.90 Å². The number of hydrogen-bond donors (Lipinski definition) is 0. The molecule has 0 N–H and O–H groups in total. The van der Waals surface area contributed by atoms with Crippen LogP contribution in [0.5, 0.6) is 0 Å². The van der Waals surface area contributed by atoms with Gasteiger partial charge in [-0.05, 0) is 23.3 Å². The van der Waals surface area contributed by atoms with Crippen molar-refractivity contribution in [1.29, 1.82) is 0 Å². The van der Waals surface area contributed by atoms with E-state index < -0.39 is 0 Å². The Morgan fingerprint density at radius 3 is 2.29 bits per heavy atom. The lowest BCUT2D eigenvalue weighted by molar-refractivity contribution is -0.141. The Hall–Kier alpha value is -2.69. The predicted molar refractivity (Wildman–Crippen MR) is 88.6 cm³/mol. The molecule has 0 heterocycles. The second kappa shape index (κ2) is 8.82. The summed E-state index contributed by atoms with van der Waals surface area (Å²) in [5.41, 5.74) is 1.72. The molecule has 24 heavy (non-hydrogen) atoms. The quantitative estimate of drug-likeness (QED) is 0.734. The number of methoxy groups -OCH3 is 1. The fourth-order valence-corrected chi connectivity index (χ4v) is 2.31. The number of ether oxygens (including phenoxy) is 1. The molecular weight excluding hydrogens is 309 g/mol. The topological polar surface area (TPSA) is 46.6 Å². The van der Waals surface area contributed by atoms with Crippen LogP contribution in [0.4, 0.5) is 4.39 Å². The largest absolute Gasteiger partial charge is 0.469 e. The van der Waals surface area contributed by atoms with E-state index in [4.69, 9.17) is 0 Å². The van der Waals surface area contributed by atoms with Gasteiger partial charge in [0, 0.05) is 13.1 Å². The summed E-state index contributed by atoms with van der Waals surface area (Å²) in [6.07, 6.45) is 0.376. The number of amides is 1. The fourth-order valence-electron chi connectivity index (χ4n) is 2.31. The standard InChI is InChI=1S/C19H20FNO3/c1-24-19(23)11-12-21(14-16-7-9-17(20)10-8-16)18(22)13-15-5-3-2-4-6-15/h2-10H,11-14H2,1H3. The Bertz CT molecular complexity index is 671. The first-order valence-electron chi connectivity index (χ1n) is 7.71. The van der Waals surface area contributed by atoms with Crippen LogP contribution in [0.1, 0.15) is 17.5 Å². The lowest BCUT2D eigenvalue weighted by Gasteiger charge is -2.22. The third kappa shape index (κ3) is 5.50. The van der Waals surface area contributed by atoms with Crippen molar-refractivity contribution in [2.45, 2.75) is 19.4 Å². The molecule has 5 heteroatoms. The predicted octanol–water partition coefficient (Wildman–Crippen LogP) is 2.96. The van der Waals surface area contributed by atoms with Gasteiger partial charge in [0.25, 0.3) is 0 Å². The van der Waals surface area contributed by atoms with Gasteiger partial charge in [-0.15, -0.1) is 0 Å². The highest BCUT2D eigenvalue weighted by molar-refractivity contribution is 5.79. The van der Waals surface area contributed by atoms with Crippen LogP contribution >= 0.6 is 0 Å². The van der Waals surface area contributed by atoms with E-state index in [9.17, 15) is 14.0 Å². The summed E-state index contributed by atoms with van der Waals surface area (Å²) in [6, 6.07) is 15.4. The van der Waals surface area contributed by atoms with E-state index in [1.165, 1.54) is 19.2 Å². The molecule has 4 nitrogen and oxygen atoms in total. The zero-order chi connectivity index (χ0) is 17.4. The summed E-state index contributed by atoms with van der Waals surface area (Å²) in [6.45, 7) is 0.582. The Kier molecular flexibility index (Phi) is 6.49. The molecule has 2 aromatic rings. The lowest BCUT2D eigenvalue weighted by Crippen LogP contribution is -2.34. The van der Waals surface area contributed by atoms with E-state index in [1.807, 2.05) is 30.3 Å². The first-order chi connectivity index (χ1) is 11.6. The maximum atomic E-state index is 13.0. The molecule has 0 saturated heterocycles. The van der Waals surface area contributed by atoms with Gasteiger partial charge in [-0.2, -0.15) is 0 Å². The van der Waals surface area contributed by atoms with Gasteiger partial charge in [-0.1, -0.05) is 42.5 Å². The Labute approximate surface area is 140 Å². The summed E-state index contributed by atoms with van der Waals surface area (Å²) in [4.78, 5) is 25.6. The van der Waals surface area contributed by atoms with Crippen LogP contribution in [-0.4, -0.2) is 30.4 Å². The molecule has 0 atom stereocenters. The molecule has 126 valence electrons. The van der Waals surface area contributed by atoms with Crippen molar-refractivity contribution in [3.05, 3.63) is 71.5 Å². The SMILES string of the molecule is COC(=O)CCN(Cc1ccc(F)cc1)C(=O)Cc1ccccc1. The molecule has 0 aliphatic rings. The highest BCUT2D eigenvalue weighted by atomic mass is 19.1. The van der Waals surface area contributed by atoms with Crippen molar-refractivity contribution in [2.24, 2.45) is 0 Å². The number of benzene rings is 2. The van der Waals surface area contributed by atoms with E-state index in [1.54, 1.807) is 17.0 Å². The number of hydrogen-bond acceptors (Lipinski definition) is 3. The van der Waals surface area contributed by atoms with E-state index in [0.717, 1.165) is 11.1 Å². The second-order valence-corrected chi connectivity index (χ2v) is 5.43. The van der Waals surface area contributed by atoms with E-state index in [-0.39, 0.29) is 37.1 Å². The average Bonchev–Trinajstić information content (AvgIpc) is 2.60. The summed E-state index contributed by atoms with van der Waals surface area (Å²) in [7, 11) is 1.32. The molecule has 0 aliphatic carbocycles. The van der Waals surface area contributed by atoms with Crippen LogP contribution in [0.25, 0.3) is 0 Å². The Morgan fingerprint density at radius 1 is 1.00 bits per heavy atom. The molecule has 0 bridgehead atoms. The smallest absolute Gasteiger partial charge is 0.307 e. The fraction of sp³-hybridized carbons (Fsp3) is 0.263.